The van der Waals surface area contributed by atoms with Crippen molar-refractivity contribution in [3.63, 3.8) is 0 Å². The van der Waals surface area contributed by atoms with E-state index in [0.717, 1.165) is 11.3 Å². The highest BCUT2D eigenvalue weighted by Crippen LogP contribution is 2.35. The summed E-state index contributed by atoms with van der Waals surface area (Å²) in [4.78, 5) is 8.59. The number of aromatic nitrogens is 3. The van der Waals surface area contributed by atoms with Gasteiger partial charge in [0, 0.05) is 12.2 Å². The molecule has 0 N–H and O–H groups in total. The van der Waals surface area contributed by atoms with E-state index in [0.29, 0.717) is 11.9 Å². The maximum Gasteiger partial charge on any atom is 0.125 e. The molecule has 4 heteroatoms. The topological polar surface area (TPSA) is 30.7 Å². The molecule has 0 saturated heterocycles. The number of hydrogen-bond donors (Lipinski definition) is 0. The third-order valence-corrected chi connectivity index (χ3v) is 3.36. The van der Waals surface area contributed by atoms with E-state index in [-0.39, 0.29) is 0 Å². The van der Waals surface area contributed by atoms with Crippen LogP contribution in [-0.4, -0.2) is 14.5 Å². The lowest BCUT2D eigenvalue weighted by Gasteiger charge is -2.28. The predicted molar refractivity (Wildman–Crippen MR) is 60.0 cm³/mol. The standard InChI is InChI=1S/C11H12ClN3/c12-6-11-14-9-7-13-5-4-10(9)15(11)8-2-1-3-8/h4-5,7-8H,1-3,6H2. The number of fused-ring (bicyclic) bond motifs is 1. The van der Waals surface area contributed by atoms with E-state index in [1.807, 2.05) is 12.3 Å². The van der Waals surface area contributed by atoms with Crippen LogP contribution >= 0.6 is 11.6 Å². The van der Waals surface area contributed by atoms with Crippen LogP contribution in [0.3, 0.4) is 0 Å². The van der Waals surface area contributed by atoms with Crippen molar-refractivity contribution in [3.8, 4) is 0 Å². The molecule has 1 saturated carbocycles. The Morgan fingerprint density at radius 1 is 1.47 bits per heavy atom. The Bertz CT molecular complexity index is 488. The highest BCUT2D eigenvalue weighted by molar-refractivity contribution is 6.16. The summed E-state index contributed by atoms with van der Waals surface area (Å²) in [6.07, 6.45) is 7.43. The van der Waals surface area contributed by atoms with Gasteiger partial charge in [-0.3, -0.25) is 4.98 Å². The molecule has 0 amide bonds. The van der Waals surface area contributed by atoms with Crippen LogP contribution in [0.5, 0.6) is 0 Å². The van der Waals surface area contributed by atoms with Gasteiger partial charge < -0.3 is 4.57 Å². The Hall–Kier alpha value is -1.09. The van der Waals surface area contributed by atoms with Crippen LogP contribution in [0.15, 0.2) is 18.5 Å². The second kappa shape index (κ2) is 3.49. The minimum Gasteiger partial charge on any atom is -0.324 e. The molecule has 1 aliphatic rings. The number of rotatable bonds is 2. The molecule has 0 aromatic carbocycles. The SMILES string of the molecule is ClCc1nc2cnccc2n1C1CCC1. The highest BCUT2D eigenvalue weighted by Gasteiger charge is 2.23. The molecule has 2 aromatic rings. The maximum absolute atomic E-state index is 5.92. The van der Waals surface area contributed by atoms with Crippen molar-refractivity contribution < 1.29 is 0 Å². The number of halogens is 1. The first-order chi connectivity index (χ1) is 7.40. The fraction of sp³-hybridized carbons (Fsp3) is 0.455. The van der Waals surface area contributed by atoms with E-state index in [4.69, 9.17) is 11.6 Å². The molecule has 2 aromatic heterocycles. The summed E-state index contributed by atoms with van der Waals surface area (Å²) in [5.74, 6) is 1.45. The van der Waals surface area contributed by atoms with Crippen LogP contribution in [0.4, 0.5) is 0 Å². The third-order valence-electron chi connectivity index (χ3n) is 3.12. The highest BCUT2D eigenvalue weighted by atomic mass is 35.5. The van der Waals surface area contributed by atoms with Crippen LogP contribution in [-0.2, 0) is 5.88 Å². The van der Waals surface area contributed by atoms with Gasteiger partial charge in [0.15, 0.2) is 0 Å². The summed E-state index contributed by atoms with van der Waals surface area (Å²) < 4.78 is 2.29. The molecular formula is C11H12ClN3. The van der Waals surface area contributed by atoms with Crippen molar-refractivity contribution in [2.75, 3.05) is 0 Å². The minimum atomic E-state index is 0.477. The van der Waals surface area contributed by atoms with Crippen LogP contribution in [0, 0.1) is 0 Å². The van der Waals surface area contributed by atoms with Crippen molar-refractivity contribution in [1.82, 2.24) is 14.5 Å². The molecule has 15 heavy (non-hydrogen) atoms. The lowest BCUT2D eigenvalue weighted by atomic mass is 9.92. The molecule has 3 nitrogen and oxygen atoms in total. The first kappa shape index (κ1) is 9.16. The third kappa shape index (κ3) is 1.34. The van der Waals surface area contributed by atoms with Crippen molar-refractivity contribution in [1.29, 1.82) is 0 Å². The van der Waals surface area contributed by atoms with Gasteiger partial charge in [0.25, 0.3) is 0 Å². The summed E-state index contributed by atoms with van der Waals surface area (Å²) in [5, 5.41) is 0. The summed E-state index contributed by atoms with van der Waals surface area (Å²) in [6, 6.07) is 2.63. The Morgan fingerprint density at radius 2 is 2.33 bits per heavy atom. The van der Waals surface area contributed by atoms with Crippen molar-refractivity contribution in [3.05, 3.63) is 24.3 Å². The summed E-state index contributed by atoms with van der Waals surface area (Å²) in [6.45, 7) is 0. The zero-order chi connectivity index (χ0) is 10.3. The van der Waals surface area contributed by atoms with Crippen molar-refractivity contribution in [2.24, 2.45) is 0 Å². The zero-order valence-corrected chi connectivity index (χ0v) is 9.11. The largest absolute Gasteiger partial charge is 0.324 e. The van der Waals surface area contributed by atoms with Gasteiger partial charge in [-0.1, -0.05) is 0 Å². The molecule has 2 heterocycles. The Labute approximate surface area is 93.1 Å². The molecule has 0 bridgehead atoms. The second-order valence-electron chi connectivity index (χ2n) is 3.98. The number of pyridine rings is 1. The second-order valence-corrected chi connectivity index (χ2v) is 4.25. The van der Waals surface area contributed by atoms with Gasteiger partial charge in [-0.15, -0.1) is 11.6 Å². The van der Waals surface area contributed by atoms with E-state index < -0.39 is 0 Å². The zero-order valence-electron chi connectivity index (χ0n) is 8.36. The average Bonchev–Trinajstić information content (AvgIpc) is 2.55. The van der Waals surface area contributed by atoms with Gasteiger partial charge in [-0.05, 0) is 25.3 Å². The van der Waals surface area contributed by atoms with Gasteiger partial charge in [0.05, 0.1) is 17.6 Å². The number of alkyl halides is 1. The maximum atomic E-state index is 5.92. The molecule has 0 unspecified atom stereocenters. The molecule has 0 aliphatic heterocycles. The average molecular weight is 222 g/mol. The Morgan fingerprint density at radius 3 is 3.00 bits per heavy atom. The van der Waals surface area contributed by atoms with Gasteiger partial charge >= 0.3 is 0 Å². The summed E-state index contributed by atoms with van der Waals surface area (Å²) in [5.41, 5.74) is 2.13. The van der Waals surface area contributed by atoms with Gasteiger partial charge in [-0.25, -0.2) is 4.98 Å². The van der Waals surface area contributed by atoms with E-state index in [2.05, 4.69) is 14.5 Å². The Balaban J connectivity index is 2.22. The fourth-order valence-electron chi connectivity index (χ4n) is 2.15. The summed E-state index contributed by atoms with van der Waals surface area (Å²) in [7, 11) is 0. The normalized spacial score (nSPS) is 16.9. The number of nitrogens with zero attached hydrogens (tertiary/aromatic N) is 3. The van der Waals surface area contributed by atoms with Crippen LogP contribution < -0.4 is 0 Å². The molecule has 3 rings (SSSR count). The van der Waals surface area contributed by atoms with E-state index in [9.17, 15) is 0 Å². The van der Waals surface area contributed by atoms with Crippen LogP contribution in [0.2, 0.25) is 0 Å². The number of imidazole rings is 1. The van der Waals surface area contributed by atoms with Crippen LogP contribution in [0.1, 0.15) is 31.1 Å². The first-order valence-corrected chi connectivity index (χ1v) is 5.80. The summed E-state index contributed by atoms with van der Waals surface area (Å²) >= 11 is 5.92. The molecule has 78 valence electrons. The van der Waals surface area contributed by atoms with E-state index >= 15 is 0 Å². The van der Waals surface area contributed by atoms with Gasteiger partial charge in [0.2, 0.25) is 0 Å². The van der Waals surface area contributed by atoms with E-state index in [1.54, 1.807) is 6.20 Å². The molecule has 1 fully saturated rings. The minimum absolute atomic E-state index is 0.477. The van der Waals surface area contributed by atoms with Crippen molar-refractivity contribution >= 4 is 22.6 Å². The van der Waals surface area contributed by atoms with Crippen molar-refractivity contribution in [2.45, 2.75) is 31.2 Å². The monoisotopic (exact) mass is 221 g/mol. The lowest BCUT2D eigenvalue weighted by molar-refractivity contribution is 0.315. The molecule has 0 atom stereocenters. The van der Waals surface area contributed by atoms with Crippen LogP contribution in [0.25, 0.3) is 11.0 Å². The number of hydrogen-bond acceptors (Lipinski definition) is 2. The lowest BCUT2D eigenvalue weighted by Crippen LogP contribution is -2.18. The predicted octanol–water partition coefficient (Wildman–Crippen LogP) is 2.90. The quantitative estimate of drug-likeness (QED) is 0.731. The fourth-order valence-corrected chi connectivity index (χ4v) is 2.34. The molecule has 0 radical (unpaired) electrons. The first-order valence-electron chi connectivity index (χ1n) is 5.27. The molecular weight excluding hydrogens is 210 g/mol. The molecule has 0 spiro atoms. The van der Waals surface area contributed by atoms with Gasteiger partial charge in [0.1, 0.15) is 11.3 Å². The van der Waals surface area contributed by atoms with Gasteiger partial charge in [-0.2, -0.15) is 0 Å². The Kier molecular flexibility index (Phi) is 2.13. The smallest absolute Gasteiger partial charge is 0.125 e. The molecule has 1 aliphatic carbocycles. The van der Waals surface area contributed by atoms with E-state index in [1.165, 1.54) is 24.8 Å².